The molecule has 0 aromatic heterocycles. The van der Waals surface area contributed by atoms with E-state index < -0.39 is 0 Å². The smallest absolute Gasteiger partial charge is 0.174 e. The Labute approximate surface area is 71.6 Å². The van der Waals surface area contributed by atoms with Gasteiger partial charge >= 0.3 is 0 Å². The second-order valence-electron chi connectivity index (χ2n) is 2.61. The molecule has 0 radical (unpaired) electrons. The second-order valence-corrected chi connectivity index (χ2v) is 3.02. The number of thiocarbonyl (C=S) groups is 1. The second kappa shape index (κ2) is 4.48. The molecule has 5 heteroatoms. The summed E-state index contributed by atoms with van der Waals surface area (Å²) in [6, 6.07) is 0. The molecule has 0 aliphatic carbocycles. The molecule has 64 valence electrons. The molecule has 1 heterocycles. The topological polar surface area (TPSA) is 48.7 Å². The molecule has 11 heavy (non-hydrogen) atoms. The highest BCUT2D eigenvalue weighted by Gasteiger charge is 2.13. The molecule has 0 atom stereocenters. The molecule has 1 rings (SSSR count). The summed E-state index contributed by atoms with van der Waals surface area (Å²) in [5, 5.41) is 15.4. The van der Waals surface area contributed by atoms with Crippen LogP contribution in [-0.4, -0.2) is 36.7 Å². The maximum atomic E-state index is 8.57. The third-order valence-corrected chi connectivity index (χ3v) is 1.98. The van der Waals surface area contributed by atoms with Gasteiger partial charge in [0, 0.05) is 13.0 Å². The van der Waals surface area contributed by atoms with Crippen molar-refractivity contribution < 1.29 is 10.0 Å². The highest BCUT2D eigenvalue weighted by Crippen LogP contribution is 1.69. The minimum Gasteiger partial charge on any atom is -0.396 e. The molecule has 0 bridgehead atoms. The fraction of sp³-hybridized carbons (Fsp3) is 0.833. The van der Waals surface area contributed by atoms with Crippen LogP contribution in [0.5, 0.6) is 0 Å². The van der Waals surface area contributed by atoms with Crippen molar-refractivity contribution >= 4 is 17.3 Å². The van der Waals surface area contributed by atoms with Crippen molar-refractivity contribution in [1.29, 1.82) is 0 Å². The number of hydrogen-bond acceptors (Lipinski definition) is 2. The zero-order valence-corrected chi connectivity index (χ0v) is 7.21. The van der Waals surface area contributed by atoms with Crippen molar-refractivity contribution in [2.24, 2.45) is 0 Å². The molecule has 0 aromatic carbocycles. The summed E-state index contributed by atoms with van der Waals surface area (Å²) in [5.41, 5.74) is 0. The Kier molecular flexibility index (Phi) is 3.55. The average molecular weight is 176 g/mol. The van der Waals surface area contributed by atoms with E-state index in [1.54, 1.807) is 0 Å². The molecule has 4 N–H and O–H groups in total. The summed E-state index contributed by atoms with van der Waals surface area (Å²) in [6.45, 7) is 2.99. The summed E-state index contributed by atoms with van der Waals surface area (Å²) in [7, 11) is 0. The van der Waals surface area contributed by atoms with Crippen molar-refractivity contribution in [2.45, 2.75) is 6.42 Å². The molecular formula is C6H14N3OS+. The van der Waals surface area contributed by atoms with Gasteiger partial charge in [0.2, 0.25) is 0 Å². The van der Waals surface area contributed by atoms with Crippen LogP contribution in [0.1, 0.15) is 6.42 Å². The van der Waals surface area contributed by atoms with Gasteiger partial charge in [-0.15, -0.1) is 0 Å². The lowest BCUT2D eigenvalue weighted by Crippen LogP contribution is -3.17. The third-order valence-electron chi connectivity index (χ3n) is 1.69. The van der Waals surface area contributed by atoms with E-state index in [2.05, 4.69) is 10.6 Å². The fourth-order valence-corrected chi connectivity index (χ4v) is 1.19. The first-order chi connectivity index (χ1) is 5.33. The van der Waals surface area contributed by atoms with Crippen molar-refractivity contribution in [1.82, 2.24) is 10.6 Å². The van der Waals surface area contributed by atoms with Gasteiger partial charge in [0.1, 0.15) is 0 Å². The van der Waals surface area contributed by atoms with E-state index in [0.717, 1.165) is 31.4 Å². The van der Waals surface area contributed by atoms with E-state index in [-0.39, 0.29) is 6.61 Å². The fourth-order valence-electron chi connectivity index (χ4n) is 1.04. The molecule has 0 spiro atoms. The first-order valence-electron chi connectivity index (χ1n) is 3.79. The first-order valence-corrected chi connectivity index (χ1v) is 4.20. The number of nitrogens with one attached hydrogen (secondary N) is 3. The van der Waals surface area contributed by atoms with Crippen LogP contribution in [0.4, 0.5) is 0 Å². The van der Waals surface area contributed by atoms with Crippen molar-refractivity contribution in [2.75, 3.05) is 26.5 Å². The Balaban J connectivity index is 2.12. The lowest BCUT2D eigenvalue weighted by molar-refractivity contribution is -0.906. The Bertz CT molecular complexity index is 132. The van der Waals surface area contributed by atoms with Crippen molar-refractivity contribution in [3.63, 3.8) is 0 Å². The summed E-state index contributed by atoms with van der Waals surface area (Å²) in [6.07, 6.45) is 0.853. The minimum absolute atomic E-state index is 0.272. The zero-order chi connectivity index (χ0) is 8.10. The number of rotatable bonds is 3. The monoisotopic (exact) mass is 176 g/mol. The highest BCUT2D eigenvalue weighted by molar-refractivity contribution is 7.80. The van der Waals surface area contributed by atoms with Gasteiger partial charge in [-0.3, -0.25) is 0 Å². The Morgan fingerprint density at radius 2 is 2.09 bits per heavy atom. The van der Waals surface area contributed by atoms with E-state index >= 15 is 0 Å². The lowest BCUT2D eigenvalue weighted by atomic mass is 10.4. The van der Waals surface area contributed by atoms with E-state index in [1.807, 2.05) is 0 Å². The number of hydrogen-bond donors (Lipinski definition) is 4. The van der Waals surface area contributed by atoms with Crippen LogP contribution in [0.3, 0.4) is 0 Å². The minimum atomic E-state index is 0.272. The Morgan fingerprint density at radius 3 is 2.64 bits per heavy atom. The first kappa shape index (κ1) is 8.70. The maximum Gasteiger partial charge on any atom is 0.174 e. The quantitative estimate of drug-likeness (QED) is 0.364. The van der Waals surface area contributed by atoms with Gasteiger partial charge in [0.15, 0.2) is 18.4 Å². The summed E-state index contributed by atoms with van der Waals surface area (Å²) in [4.78, 5) is 1.38. The van der Waals surface area contributed by atoms with Crippen LogP contribution in [0.2, 0.25) is 0 Å². The predicted octanol–water partition coefficient (Wildman–Crippen LogP) is -2.35. The Hall–Kier alpha value is -0.390. The molecule has 0 amide bonds. The molecule has 1 fully saturated rings. The average Bonchev–Trinajstić information content (AvgIpc) is 2.04. The van der Waals surface area contributed by atoms with Crippen LogP contribution < -0.4 is 15.5 Å². The van der Waals surface area contributed by atoms with Gasteiger partial charge in [-0.2, -0.15) is 0 Å². The number of aliphatic hydroxyl groups excluding tert-OH is 1. The number of aliphatic hydroxyl groups is 1. The summed E-state index contributed by atoms with van der Waals surface area (Å²) < 4.78 is 0. The van der Waals surface area contributed by atoms with Gasteiger partial charge in [-0.05, 0) is 12.2 Å². The van der Waals surface area contributed by atoms with Crippen molar-refractivity contribution in [3.8, 4) is 0 Å². The van der Waals surface area contributed by atoms with Gasteiger partial charge in [-0.1, -0.05) is 0 Å². The molecule has 1 saturated heterocycles. The molecule has 0 saturated carbocycles. The van der Waals surface area contributed by atoms with Crippen LogP contribution in [0.15, 0.2) is 0 Å². The molecule has 1 aliphatic heterocycles. The van der Waals surface area contributed by atoms with E-state index in [1.165, 1.54) is 4.90 Å². The lowest BCUT2D eigenvalue weighted by Gasteiger charge is -2.26. The van der Waals surface area contributed by atoms with E-state index in [9.17, 15) is 0 Å². The molecule has 4 nitrogen and oxygen atoms in total. The molecule has 1 aliphatic rings. The van der Waals surface area contributed by atoms with Gasteiger partial charge in [0.05, 0.1) is 6.54 Å². The van der Waals surface area contributed by atoms with Crippen LogP contribution in [0.25, 0.3) is 0 Å². The third kappa shape index (κ3) is 3.00. The van der Waals surface area contributed by atoms with E-state index in [0.29, 0.717) is 0 Å². The van der Waals surface area contributed by atoms with Gasteiger partial charge < -0.3 is 20.6 Å². The van der Waals surface area contributed by atoms with Crippen LogP contribution in [-0.2, 0) is 0 Å². The zero-order valence-electron chi connectivity index (χ0n) is 6.39. The Morgan fingerprint density at radius 1 is 1.45 bits per heavy atom. The SMILES string of the molecule is OCCC[NH+]1CNC(=S)NC1. The standard InChI is InChI=1S/C6H13N3OS/c10-3-1-2-9-4-7-6(11)8-5-9/h10H,1-5H2,(H2,7,8,11)/p+1. The largest absolute Gasteiger partial charge is 0.396 e. The predicted molar refractivity (Wildman–Crippen MR) is 46.1 cm³/mol. The normalized spacial score (nSPS) is 19.2. The van der Waals surface area contributed by atoms with Gasteiger partial charge in [0.25, 0.3) is 0 Å². The van der Waals surface area contributed by atoms with E-state index in [4.69, 9.17) is 17.3 Å². The van der Waals surface area contributed by atoms with Gasteiger partial charge in [-0.25, -0.2) is 0 Å². The summed E-state index contributed by atoms with van der Waals surface area (Å²) in [5.74, 6) is 0. The van der Waals surface area contributed by atoms with Crippen molar-refractivity contribution in [3.05, 3.63) is 0 Å². The van der Waals surface area contributed by atoms with Crippen LogP contribution >= 0.6 is 12.2 Å². The molecule has 0 aromatic rings. The maximum absolute atomic E-state index is 8.57. The molecule has 0 unspecified atom stereocenters. The highest BCUT2D eigenvalue weighted by atomic mass is 32.1. The molecular weight excluding hydrogens is 162 g/mol. The summed E-state index contributed by atoms with van der Waals surface area (Å²) >= 11 is 4.89. The van der Waals surface area contributed by atoms with Crippen LogP contribution in [0, 0.1) is 0 Å². The number of quaternary nitrogens is 1.